The number of fused-ring (bicyclic) bond motifs is 11. The monoisotopic (exact) mass is 1110 g/mol. The molecule has 15 aromatic rings. The second-order valence-electron chi connectivity index (χ2n) is 20.9. The molecule has 2 aliphatic heterocycles. The van der Waals surface area contributed by atoms with E-state index >= 15 is 0 Å². The van der Waals surface area contributed by atoms with Crippen molar-refractivity contribution in [2.45, 2.75) is 19.6 Å². The Morgan fingerprint density at radius 2 is 0.643 bits per heavy atom. The largest absolute Gasteiger partial charge is 0.292 e. The molecule has 394 valence electrons. The first-order valence-corrected chi connectivity index (χ1v) is 29.5. The van der Waals surface area contributed by atoms with E-state index in [1.165, 1.54) is 0 Å². The van der Waals surface area contributed by atoms with Gasteiger partial charge in [0.15, 0.2) is 0 Å². The van der Waals surface area contributed by atoms with Crippen molar-refractivity contribution in [1.82, 2.24) is 34.1 Å². The Morgan fingerprint density at radius 1 is 0.250 bits per heavy atom. The predicted octanol–water partition coefficient (Wildman–Crippen LogP) is 19.4. The molecule has 0 N–H and O–H groups in total. The summed E-state index contributed by atoms with van der Waals surface area (Å²) < 4.78 is 4.62. The second-order valence-corrected chi connectivity index (χ2v) is 23.0. The molecule has 0 aliphatic carbocycles. The van der Waals surface area contributed by atoms with Gasteiger partial charge in [-0.2, -0.15) is 15.0 Å². The quantitative estimate of drug-likeness (QED) is 0.148. The molecule has 0 saturated carbocycles. The lowest BCUT2D eigenvalue weighted by atomic mass is 10.0. The molecule has 9 nitrogen and oxygen atoms in total. The molecular weight excluding hydrogens is 1070 g/mol. The number of hydrogen-bond donors (Lipinski definition) is 0. The van der Waals surface area contributed by atoms with Crippen molar-refractivity contribution in [2.75, 3.05) is 9.80 Å². The van der Waals surface area contributed by atoms with Crippen LogP contribution in [0.2, 0.25) is 0 Å². The summed E-state index contributed by atoms with van der Waals surface area (Å²) in [7, 11) is 0. The highest BCUT2D eigenvalue weighted by molar-refractivity contribution is 8.00. The lowest BCUT2D eigenvalue weighted by molar-refractivity contribution is 0.904. The van der Waals surface area contributed by atoms with Crippen LogP contribution in [0.4, 0.5) is 34.6 Å². The van der Waals surface area contributed by atoms with Gasteiger partial charge in [0.05, 0.1) is 61.9 Å². The Labute approximate surface area is 491 Å². The van der Waals surface area contributed by atoms with Crippen LogP contribution in [0.5, 0.6) is 0 Å². The molecule has 0 saturated heterocycles. The summed E-state index contributed by atoms with van der Waals surface area (Å²) in [5.74, 6) is 2.18. The average Bonchev–Trinajstić information content (AvgIpc) is 1.92. The standard InChI is InChI=1S/C73H45N9S2/c1-4-20-46(21-5-1)49-38-42-58-53(44-49)51-40-41-52-54-45-50(47-22-6-2-7-23-47)39-43-59(54)82(70(52)69(51)81(58)68-37-19-28-57(75-68)56-27-18-26-55(74-56)48-24-8-3-9-25-48)73-77-71(79-60-29-10-14-33-64(60)83-65-34-15-11-30-61(65)79)76-72(78-73)80-62-31-12-16-35-66(62)84-67-36-17-13-32-63(67)80/h1-45H. The summed E-state index contributed by atoms with van der Waals surface area (Å²) in [5, 5.41) is 4.23. The first-order chi connectivity index (χ1) is 41.6. The van der Waals surface area contributed by atoms with Crippen LogP contribution >= 0.6 is 23.5 Å². The number of nitrogens with zero attached hydrogens (tertiary/aromatic N) is 9. The van der Waals surface area contributed by atoms with Crippen LogP contribution in [-0.2, 0) is 0 Å². The number of para-hydroxylation sites is 4. The van der Waals surface area contributed by atoms with E-state index in [1.54, 1.807) is 23.5 Å². The van der Waals surface area contributed by atoms with Crippen molar-refractivity contribution in [3.63, 3.8) is 0 Å². The highest BCUT2D eigenvalue weighted by Crippen LogP contribution is 2.54. The summed E-state index contributed by atoms with van der Waals surface area (Å²) in [6.45, 7) is 0. The molecule has 0 unspecified atom stereocenters. The van der Waals surface area contributed by atoms with Crippen LogP contribution < -0.4 is 9.80 Å². The molecule has 0 spiro atoms. The summed E-state index contributed by atoms with van der Waals surface area (Å²) >= 11 is 3.51. The van der Waals surface area contributed by atoms with Crippen LogP contribution in [0.25, 0.3) is 100 Å². The first kappa shape index (κ1) is 48.1. The molecular formula is C73H45N9S2. The van der Waals surface area contributed by atoms with E-state index in [1.807, 2.05) is 24.3 Å². The number of aromatic nitrogens is 7. The van der Waals surface area contributed by atoms with Crippen LogP contribution in [0.1, 0.15) is 0 Å². The maximum absolute atomic E-state index is 5.78. The molecule has 0 amide bonds. The van der Waals surface area contributed by atoms with Gasteiger partial charge in [-0.25, -0.2) is 9.97 Å². The second kappa shape index (κ2) is 19.6. The van der Waals surface area contributed by atoms with E-state index in [0.717, 1.165) is 137 Å². The van der Waals surface area contributed by atoms with Gasteiger partial charge < -0.3 is 0 Å². The minimum absolute atomic E-state index is 0.460. The molecule has 84 heavy (non-hydrogen) atoms. The van der Waals surface area contributed by atoms with Crippen molar-refractivity contribution in [2.24, 2.45) is 0 Å². The van der Waals surface area contributed by atoms with Crippen molar-refractivity contribution in [1.29, 1.82) is 0 Å². The molecule has 17 rings (SSSR count). The third-order valence-corrected chi connectivity index (χ3v) is 18.2. The highest BCUT2D eigenvalue weighted by Gasteiger charge is 2.33. The molecule has 2 aliphatic rings. The Kier molecular flexibility index (Phi) is 11.2. The van der Waals surface area contributed by atoms with E-state index in [2.05, 4.69) is 268 Å². The van der Waals surface area contributed by atoms with Gasteiger partial charge in [-0.05, 0) is 119 Å². The summed E-state index contributed by atoms with van der Waals surface area (Å²) in [5.41, 5.74) is 15.7. The van der Waals surface area contributed by atoms with Gasteiger partial charge in [0.25, 0.3) is 0 Å². The lowest BCUT2D eigenvalue weighted by Gasteiger charge is -2.33. The van der Waals surface area contributed by atoms with Crippen molar-refractivity contribution < 1.29 is 0 Å². The third kappa shape index (κ3) is 7.85. The number of hydrogen-bond acceptors (Lipinski definition) is 9. The maximum Gasteiger partial charge on any atom is 0.241 e. The number of anilines is 6. The van der Waals surface area contributed by atoms with Gasteiger partial charge in [-0.15, -0.1) is 0 Å². The Hall–Kier alpha value is -10.6. The zero-order valence-electron chi connectivity index (χ0n) is 44.8. The van der Waals surface area contributed by atoms with Gasteiger partial charge in [0.1, 0.15) is 5.82 Å². The molecule has 10 aromatic carbocycles. The Balaban J connectivity index is 1.00. The van der Waals surface area contributed by atoms with Crippen LogP contribution in [0.3, 0.4) is 0 Å². The molecule has 0 bridgehead atoms. The SMILES string of the molecule is c1ccc(-c2ccc3c(c2)c2ccc4c5cc(-c6ccccc6)ccc5n(-c5nc(N6c7ccccc7Sc7ccccc76)nc(N6c7ccccc7Sc7ccccc76)n5)c4c2n3-c2cccc(-c3cccc(-c4ccccc4)n3)n2)cc1. The van der Waals surface area contributed by atoms with Gasteiger partial charge in [0, 0.05) is 46.7 Å². The van der Waals surface area contributed by atoms with E-state index < -0.39 is 0 Å². The summed E-state index contributed by atoms with van der Waals surface area (Å²) in [4.78, 5) is 36.8. The summed E-state index contributed by atoms with van der Waals surface area (Å²) in [6, 6.07) is 96.2. The van der Waals surface area contributed by atoms with Gasteiger partial charge >= 0.3 is 0 Å². The number of pyridine rings is 2. The maximum atomic E-state index is 5.78. The fourth-order valence-electron chi connectivity index (χ4n) is 12.2. The first-order valence-electron chi connectivity index (χ1n) is 27.9. The Bertz CT molecular complexity index is 4910. The zero-order valence-corrected chi connectivity index (χ0v) is 46.5. The fourth-order valence-corrected chi connectivity index (χ4v) is 14.3. The van der Waals surface area contributed by atoms with E-state index in [-0.39, 0.29) is 0 Å². The normalized spacial score (nSPS) is 12.6. The van der Waals surface area contributed by atoms with E-state index in [4.69, 9.17) is 24.9 Å². The lowest BCUT2D eigenvalue weighted by Crippen LogP contribution is -2.23. The topological polar surface area (TPSA) is 80.8 Å². The van der Waals surface area contributed by atoms with Gasteiger partial charge in [0.2, 0.25) is 17.8 Å². The highest BCUT2D eigenvalue weighted by atomic mass is 32.2. The van der Waals surface area contributed by atoms with Crippen molar-refractivity contribution >= 4 is 102 Å². The smallest absolute Gasteiger partial charge is 0.241 e. The van der Waals surface area contributed by atoms with Crippen molar-refractivity contribution in [3.8, 4) is 56.7 Å². The minimum atomic E-state index is 0.460. The summed E-state index contributed by atoms with van der Waals surface area (Å²) in [6.07, 6.45) is 0. The average molecular weight is 1110 g/mol. The zero-order chi connectivity index (χ0) is 55.2. The van der Waals surface area contributed by atoms with Crippen LogP contribution in [0, 0.1) is 0 Å². The minimum Gasteiger partial charge on any atom is -0.292 e. The number of benzene rings is 10. The molecule has 7 heterocycles. The third-order valence-electron chi connectivity index (χ3n) is 16.0. The van der Waals surface area contributed by atoms with E-state index in [9.17, 15) is 0 Å². The number of rotatable bonds is 8. The molecule has 11 heteroatoms. The van der Waals surface area contributed by atoms with Gasteiger partial charge in [-0.3, -0.25) is 18.9 Å². The molecule has 0 fully saturated rings. The molecule has 5 aromatic heterocycles. The van der Waals surface area contributed by atoms with Crippen LogP contribution in [-0.4, -0.2) is 34.1 Å². The Morgan fingerprint density at radius 3 is 1.14 bits per heavy atom. The molecule has 0 radical (unpaired) electrons. The van der Waals surface area contributed by atoms with E-state index in [0.29, 0.717) is 17.8 Å². The van der Waals surface area contributed by atoms with Crippen LogP contribution in [0.15, 0.2) is 293 Å². The fraction of sp³-hybridized carbons (Fsp3) is 0. The van der Waals surface area contributed by atoms with Crippen molar-refractivity contribution in [3.05, 3.63) is 273 Å². The predicted molar refractivity (Wildman–Crippen MR) is 343 cm³/mol. The van der Waals surface area contributed by atoms with Gasteiger partial charge in [-0.1, -0.05) is 199 Å². The molecule has 0 atom stereocenters.